The van der Waals surface area contributed by atoms with Crippen LogP contribution in [-0.4, -0.2) is 0 Å². The standard InChI is InChI=1S/C40H22O2S/c1-3-13-29-27(11-1)39(23-17-18-38-32(19-23)26-10-6-8-16-37(26)43-38)28-12-2-4-14-30(28)40(29)36-21-24-20-31-25-9-5-7-15-33(25)41-35(31)22-34(24)42-36/h1-22H. The van der Waals surface area contributed by atoms with Crippen LogP contribution in [0.25, 0.3) is 97.1 Å². The van der Waals surface area contributed by atoms with Crippen LogP contribution in [0.4, 0.5) is 0 Å². The first-order valence-corrected chi connectivity index (χ1v) is 15.3. The maximum atomic E-state index is 6.66. The molecular weight excluding hydrogens is 545 g/mol. The van der Waals surface area contributed by atoms with Gasteiger partial charge in [-0.3, -0.25) is 0 Å². The molecule has 0 radical (unpaired) electrons. The fourth-order valence-corrected chi connectivity index (χ4v) is 8.06. The first-order chi connectivity index (χ1) is 21.3. The van der Waals surface area contributed by atoms with E-state index >= 15 is 0 Å². The van der Waals surface area contributed by atoms with E-state index in [0.717, 1.165) is 44.2 Å². The minimum absolute atomic E-state index is 0.827. The van der Waals surface area contributed by atoms with Crippen LogP contribution in [0.3, 0.4) is 0 Å². The zero-order valence-corrected chi connectivity index (χ0v) is 23.7. The number of rotatable bonds is 2. The van der Waals surface area contributed by atoms with E-state index in [2.05, 4.69) is 115 Å². The highest BCUT2D eigenvalue weighted by atomic mass is 32.1. The molecule has 0 spiro atoms. The maximum absolute atomic E-state index is 6.66. The van der Waals surface area contributed by atoms with E-state index in [1.807, 2.05) is 29.5 Å². The number of thiophene rings is 1. The molecule has 0 unspecified atom stereocenters. The number of hydrogen-bond acceptors (Lipinski definition) is 3. The smallest absolute Gasteiger partial charge is 0.139 e. The molecule has 3 heteroatoms. The van der Waals surface area contributed by atoms with Crippen LogP contribution in [0.15, 0.2) is 142 Å². The molecule has 0 aliphatic rings. The van der Waals surface area contributed by atoms with Crippen LogP contribution >= 0.6 is 11.3 Å². The summed E-state index contributed by atoms with van der Waals surface area (Å²) in [7, 11) is 0. The highest BCUT2D eigenvalue weighted by Gasteiger charge is 2.20. The first kappa shape index (κ1) is 23.2. The lowest BCUT2D eigenvalue weighted by atomic mass is 9.87. The molecule has 0 amide bonds. The Morgan fingerprint density at radius 2 is 1.00 bits per heavy atom. The summed E-state index contributed by atoms with van der Waals surface area (Å²) in [5, 5.41) is 10.7. The topological polar surface area (TPSA) is 26.3 Å². The molecule has 200 valence electrons. The van der Waals surface area contributed by atoms with Crippen molar-refractivity contribution in [3.8, 4) is 22.5 Å². The van der Waals surface area contributed by atoms with Crippen LogP contribution in [0.2, 0.25) is 0 Å². The van der Waals surface area contributed by atoms with E-state index in [1.165, 1.54) is 52.8 Å². The van der Waals surface area contributed by atoms with Gasteiger partial charge in [0.25, 0.3) is 0 Å². The quantitative estimate of drug-likeness (QED) is 0.195. The lowest BCUT2D eigenvalue weighted by molar-refractivity contribution is 0.629. The normalized spacial score (nSPS) is 12.2. The van der Waals surface area contributed by atoms with Crippen molar-refractivity contribution in [2.45, 2.75) is 0 Å². The monoisotopic (exact) mass is 566 g/mol. The van der Waals surface area contributed by atoms with Gasteiger partial charge in [0.2, 0.25) is 0 Å². The molecule has 0 fully saturated rings. The Labute approximate surface area is 250 Å². The molecular formula is C40H22O2S. The molecule has 0 N–H and O–H groups in total. The van der Waals surface area contributed by atoms with Crippen LogP contribution in [0.1, 0.15) is 0 Å². The van der Waals surface area contributed by atoms with Gasteiger partial charge < -0.3 is 8.83 Å². The number of para-hydroxylation sites is 1. The average molecular weight is 567 g/mol. The zero-order valence-electron chi connectivity index (χ0n) is 22.9. The molecule has 0 bridgehead atoms. The predicted octanol–water partition coefficient (Wildman–Crippen LogP) is 12.3. The molecule has 0 aliphatic heterocycles. The molecule has 0 saturated carbocycles. The summed E-state index contributed by atoms with van der Waals surface area (Å²) in [5.74, 6) is 0.866. The molecule has 7 aromatic carbocycles. The van der Waals surface area contributed by atoms with E-state index in [4.69, 9.17) is 8.83 Å². The summed E-state index contributed by atoms with van der Waals surface area (Å²) in [6.07, 6.45) is 0. The molecule has 3 heterocycles. The molecule has 10 rings (SSSR count). The van der Waals surface area contributed by atoms with Gasteiger partial charge in [0.15, 0.2) is 0 Å². The molecule has 43 heavy (non-hydrogen) atoms. The van der Waals surface area contributed by atoms with Gasteiger partial charge in [0, 0.05) is 48.0 Å². The van der Waals surface area contributed by atoms with Crippen molar-refractivity contribution in [2.24, 2.45) is 0 Å². The fraction of sp³-hybridized carbons (Fsp3) is 0. The highest BCUT2D eigenvalue weighted by Crippen LogP contribution is 2.46. The Bertz CT molecular complexity index is 2680. The first-order valence-electron chi connectivity index (χ1n) is 14.5. The van der Waals surface area contributed by atoms with E-state index in [1.54, 1.807) is 0 Å². The van der Waals surface area contributed by atoms with Crippen molar-refractivity contribution in [2.75, 3.05) is 0 Å². The fourth-order valence-electron chi connectivity index (χ4n) is 6.97. The van der Waals surface area contributed by atoms with Gasteiger partial charge in [-0.25, -0.2) is 0 Å². The third kappa shape index (κ3) is 3.28. The van der Waals surface area contributed by atoms with Gasteiger partial charge in [-0.2, -0.15) is 0 Å². The number of hydrogen-bond donors (Lipinski definition) is 0. The number of fused-ring (bicyclic) bond motifs is 9. The van der Waals surface area contributed by atoms with Crippen molar-refractivity contribution in [3.63, 3.8) is 0 Å². The van der Waals surface area contributed by atoms with E-state index < -0.39 is 0 Å². The van der Waals surface area contributed by atoms with Gasteiger partial charge >= 0.3 is 0 Å². The minimum Gasteiger partial charge on any atom is -0.456 e. The lowest BCUT2D eigenvalue weighted by Crippen LogP contribution is -1.89. The van der Waals surface area contributed by atoms with Gasteiger partial charge in [0.1, 0.15) is 22.5 Å². The van der Waals surface area contributed by atoms with Gasteiger partial charge in [-0.05, 0) is 69.1 Å². The molecule has 2 nitrogen and oxygen atoms in total. The minimum atomic E-state index is 0.827. The average Bonchev–Trinajstić information content (AvgIpc) is 3.74. The maximum Gasteiger partial charge on any atom is 0.139 e. The predicted molar refractivity (Wildman–Crippen MR) is 182 cm³/mol. The molecule has 0 saturated heterocycles. The van der Waals surface area contributed by atoms with Gasteiger partial charge in [-0.15, -0.1) is 11.3 Å². The molecule has 3 aromatic heterocycles. The molecule has 0 aliphatic carbocycles. The van der Waals surface area contributed by atoms with Crippen LogP contribution in [0.5, 0.6) is 0 Å². The second-order valence-electron chi connectivity index (χ2n) is 11.2. The molecule has 10 aromatic rings. The largest absolute Gasteiger partial charge is 0.456 e. The summed E-state index contributed by atoms with van der Waals surface area (Å²) in [6, 6.07) is 47.7. The lowest BCUT2D eigenvalue weighted by Gasteiger charge is -2.16. The molecule has 0 atom stereocenters. The number of furan rings is 2. The Kier molecular flexibility index (Phi) is 4.63. The van der Waals surface area contributed by atoms with Crippen LogP contribution < -0.4 is 0 Å². The van der Waals surface area contributed by atoms with Crippen molar-refractivity contribution in [1.82, 2.24) is 0 Å². The van der Waals surface area contributed by atoms with E-state index in [9.17, 15) is 0 Å². The van der Waals surface area contributed by atoms with Crippen molar-refractivity contribution in [1.29, 1.82) is 0 Å². The zero-order chi connectivity index (χ0) is 28.1. The third-order valence-corrected chi connectivity index (χ3v) is 10.0. The van der Waals surface area contributed by atoms with E-state index in [-0.39, 0.29) is 0 Å². The summed E-state index contributed by atoms with van der Waals surface area (Å²) in [5.41, 5.74) is 6.17. The van der Waals surface area contributed by atoms with Gasteiger partial charge in [0.05, 0.1) is 0 Å². The summed E-state index contributed by atoms with van der Waals surface area (Å²) < 4.78 is 15.5. The summed E-state index contributed by atoms with van der Waals surface area (Å²) in [6.45, 7) is 0. The Morgan fingerprint density at radius 3 is 1.77 bits per heavy atom. The highest BCUT2D eigenvalue weighted by molar-refractivity contribution is 7.25. The van der Waals surface area contributed by atoms with Crippen molar-refractivity contribution >= 4 is 86.0 Å². The Morgan fingerprint density at radius 1 is 0.372 bits per heavy atom. The van der Waals surface area contributed by atoms with E-state index in [0.29, 0.717) is 0 Å². The van der Waals surface area contributed by atoms with Crippen molar-refractivity contribution in [3.05, 3.63) is 133 Å². The Hall–Kier alpha value is -5.38. The summed E-state index contributed by atoms with van der Waals surface area (Å²) >= 11 is 1.86. The van der Waals surface area contributed by atoms with Gasteiger partial charge in [-0.1, -0.05) is 91.0 Å². The summed E-state index contributed by atoms with van der Waals surface area (Å²) in [4.78, 5) is 0. The number of benzene rings is 7. The Balaban J connectivity index is 1.26. The second kappa shape index (κ2) is 8.57. The van der Waals surface area contributed by atoms with Crippen LogP contribution in [0, 0.1) is 0 Å². The second-order valence-corrected chi connectivity index (χ2v) is 12.3. The SMILES string of the molecule is c1ccc2c(c1)oc1cc3oc(-c4c5ccccc5c(-c5ccc6sc7ccccc7c6c5)c5ccccc45)cc3cc12. The third-order valence-electron chi connectivity index (χ3n) is 8.86. The van der Waals surface area contributed by atoms with Crippen molar-refractivity contribution < 1.29 is 8.83 Å². The van der Waals surface area contributed by atoms with Crippen LogP contribution in [-0.2, 0) is 0 Å².